The normalized spacial score (nSPS) is 13.5. The van der Waals surface area contributed by atoms with Gasteiger partial charge in [0.15, 0.2) is 11.6 Å². The van der Waals surface area contributed by atoms with Crippen LogP contribution in [0.1, 0.15) is 117 Å². The van der Waals surface area contributed by atoms with Gasteiger partial charge in [-0.2, -0.15) is 10.0 Å². The van der Waals surface area contributed by atoms with Crippen molar-refractivity contribution in [1.82, 2.24) is 81.2 Å². The van der Waals surface area contributed by atoms with E-state index in [4.69, 9.17) is 5.73 Å². The first-order valence-corrected chi connectivity index (χ1v) is 12.9. The number of hydrogen-bond donors (Lipinski definition) is 2. The minimum atomic E-state index is 0.287. The zero-order valence-electron chi connectivity index (χ0n) is 24.0. The summed E-state index contributed by atoms with van der Waals surface area (Å²) in [7, 11) is 1.78. The number of nitrogen functional groups attached to an aromatic ring is 1. The highest BCUT2D eigenvalue weighted by Gasteiger charge is 2.08. The van der Waals surface area contributed by atoms with Crippen LogP contribution >= 0.6 is 0 Å². The molecule has 0 bridgehead atoms. The SMILES string of the molecule is CCC(C)c1nn[nH]n1.CCC(C)c1nnn(C)n1.CCC(C)n1cnnn1.CCC(C)n1nnnc1N. The number of hydrogen-bond acceptors (Lipinski definition) is 13. The monoisotopic (exact) mass is 533 g/mol. The molecule has 4 aromatic heterocycles. The average Bonchev–Trinajstić information content (AvgIpc) is 3.76. The molecule has 4 atom stereocenters. The van der Waals surface area contributed by atoms with Crippen LogP contribution in [0.15, 0.2) is 6.33 Å². The van der Waals surface area contributed by atoms with E-state index in [2.05, 4.69) is 116 Å². The van der Waals surface area contributed by atoms with Crippen molar-refractivity contribution < 1.29 is 0 Å². The number of rotatable bonds is 8. The van der Waals surface area contributed by atoms with Crippen molar-refractivity contribution in [3.63, 3.8) is 0 Å². The van der Waals surface area contributed by atoms with Gasteiger partial charge in [0.1, 0.15) is 6.33 Å². The molecule has 17 heteroatoms. The molecule has 0 radical (unpaired) electrons. The second-order valence-electron chi connectivity index (χ2n) is 8.81. The maximum Gasteiger partial charge on any atom is 0.240 e. The number of nitrogens with one attached hydrogen (secondary N) is 1. The van der Waals surface area contributed by atoms with Crippen LogP contribution in [0.4, 0.5) is 5.95 Å². The van der Waals surface area contributed by atoms with Crippen LogP contribution in [0.25, 0.3) is 0 Å². The number of anilines is 1. The molecule has 0 aliphatic carbocycles. The Morgan fingerprint density at radius 2 is 1.45 bits per heavy atom. The van der Waals surface area contributed by atoms with Gasteiger partial charge in [-0.05, 0) is 65.6 Å². The smallest absolute Gasteiger partial charge is 0.240 e. The Morgan fingerprint density at radius 1 is 0.789 bits per heavy atom. The molecule has 212 valence electrons. The summed E-state index contributed by atoms with van der Waals surface area (Å²) in [6, 6.07) is 0.704. The van der Waals surface area contributed by atoms with Gasteiger partial charge in [0.25, 0.3) is 0 Å². The summed E-state index contributed by atoms with van der Waals surface area (Å²) in [4.78, 5) is 1.49. The topological polar surface area (TPSA) is 211 Å². The molecule has 4 rings (SSSR count). The Bertz CT molecular complexity index is 1030. The Hall–Kier alpha value is -3.92. The van der Waals surface area contributed by atoms with Crippen molar-refractivity contribution in [1.29, 1.82) is 0 Å². The summed E-state index contributed by atoms with van der Waals surface area (Å²) in [5, 5.41) is 46.8. The predicted molar refractivity (Wildman–Crippen MR) is 140 cm³/mol. The van der Waals surface area contributed by atoms with Crippen LogP contribution in [0.5, 0.6) is 0 Å². The molecule has 38 heavy (non-hydrogen) atoms. The fourth-order valence-corrected chi connectivity index (χ4v) is 2.48. The van der Waals surface area contributed by atoms with Gasteiger partial charge in [0, 0.05) is 11.8 Å². The Kier molecular flexibility index (Phi) is 14.8. The highest BCUT2D eigenvalue weighted by molar-refractivity contribution is 5.10. The van der Waals surface area contributed by atoms with Crippen LogP contribution in [-0.2, 0) is 7.05 Å². The Morgan fingerprint density at radius 3 is 1.87 bits per heavy atom. The zero-order chi connectivity index (χ0) is 28.5. The van der Waals surface area contributed by atoms with Gasteiger partial charge in [-0.15, -0.1) is 25.5 Å². The lowest BCUT2D eigenvalue weighted by Crippen LogP contribution is -2.09. The molecular weight excluding hydrogens is 490 g/mol. The van der Waals surface area contributed by atoms with Gasteiger partial charge in [0.2, 0.25) is 5.95 Å². The number of nitrogens with two attached hydrogens (primary N) is 1. The van der Waals surface area contributed by atoms with E-state index in [1.807, 2.05) is 6.92 Å². The largest absolute Gasteiger partial charge is 0.367 e. The Balaban J connectivity index is 0.000000254. The van der Waals surface area contributed by atoms with E-state index in [0.29, 0.717) is 23.8 Å². The number of aromatic nitrogens is 16. The van der Waals surface area contributed by atoms with Crippen molar-refractivity contribution in [3.8, 4) is 0 Å². The molecule has 0 aliphatic heterocycles. The van der Waals surface area contributed by atoms with E-state index >= 15 is 0 Å². The third kappa shape index (κ3) is 11.0. The van der Waals surface area contributed by atoms with E-state index in [0.717, 1.165) is 37.3 Å². The van der Waals surface area contributed by atoms with Gasteiger partial charge < -0.3 is 5.73 Å². The maximum absolute atomic E-state index is 5.44. The lowest BCUT2D eigenvalue weighted by atomic mass is 10.1. The first-order valence-electron chi connectivity index (χ1n) is 12.9. The predicted octanol–water partition coefficient (Wildman–Crippen LogP) is 2.31. The quantitative estimate of drug-likeness (QED) is 0.333. The minimum Gasteiger partial charge on any atom is -0.367 e. The van der Waals surface area contributed by atoms with Crippen LogP contribution < -0.4 is 5.73 Å². The van der Waals surface area contributed by atoms with Gasteiger partial charge in [-0.3, -0.25) is 0 Å². The Labute approximate surface area is 223 Å². The van der Waals surface area contributed by atoms with Crippen LogP contribution in [0.3, 0.4) is 0 Å². The molecule has 4 aromatic rings. The van der Waals surface area contributed by atoms with E-state index < -0.39 is 0 Å². The van der Waals surface area contributed by atoms with Gasteiger partial charge >= 0.3 is 0 Å². The first-order chi connectivity index (χ1) is 18.2. The first kappa shape index (κ1) is 32.1. The second kappa shape index (κ2) is 17.5. The van der Waals surface area contributed by atoms with Crippen molar-refractivity contribution in [2.75, 3.05) is 5.73 Å². The molecule has 0 fully saturated rings. The van der Waals surface area contributed by atoms with Crippen molar-refractivity contribution in [2.24, 2.45) is 7.05 Å². The van der Waals surface area contributed by atoms with Gasteiger partial charge in [-0.1, -0.05) is 51.9 Å². The molecule has 4 heterocycles. The standard InChI is InChI=1S/C6H12N4.C5H11N5.2C5H10N4/c1-4-5(2)6-7-9-10(3)8-6;1-3-4(2)10-5(6)7-8-9-10;1-3-5(2)9-4-6-7-8-9;1-3-4(2)5-6-8-9-7-5/h5H,4H2,1-3H3;4H,3H2,1-2H3,(H2,6,7,9);4-5H,3H2,1-2H3;4H,3H2,1-2H3,(H,6,7,8,9). The number of H-pyrrole nitrogens is 1. The molecule has 0 amide bonds. The molecule has 0 aliphatic rings. The molecule has 0 saturated heterocycles. The van der Waals surface area contributed by atoms with E-state index in [-0.39, 0.29) is 6.04 Å². The molecule has 3 N–H and O–H groups in total. The molecule has 17 nitrogen and oxygen atoms in total. The van der Waals surface area contributed by atoms with Crippen LogP contribution in [-0.4, -0.2) is 81.2 Å². The summed E-state index contributed by atoms with van der Waals surface area (Å²) >= 11 is 0. The number of nitrogens with zero attached hydrogens (tertiary/aromatic N) is 15. The molecule has 0 aromatic carbocycles. The lowest BCUT2D eigenvalue weighted by Gasteiger charge is -2.06. The van der Waals surface area contributed by atoms with Crippen molar-refractivity contribution >= 4 is 5.95 Å². The zero-order valence-corrected chi connectivity index (χ0v) is 24.0. The van der Waals surface area contributed by atoms with Crippen molar-refractivity contribution in [2.45, 2.75) is 105 Å². The minimum absolute atomic E-state index is 0.287. The third-order valence-corrected chi connectivity index (χ3v) is 5.93. The highest BCUT2D eigenvalue weighted by Crippen LogP contribution is 2.12. The van der Waals surface area contributed by atoms with E-state index in [9.17, 15) is 0 Å². The number of aryl methyl sites for hydroxylation is 1. The van der Waals surface area contributed by atoms with E-state index in [1.54, 1.807) is 22.7 Å². The van der Waals surface area contributed by atoms with Gasteiger partial charge in [-0.25, -0.2) is 9.36 Å². The average molecular weight is 534 g/mol. The van der Waals surface area contributed by atoms with Gasteiger partial charge in [0.05, 0.1) is 19.1 Å². The number of aromatic amines is 1. The summed E-state index contributed by atoms with van der Waals surface area (Å²) in [6.07, 6.45) is 5.79. The van der Waals surface area contributed by atoms with Crippen LogP contribution in [0.2, 0.25) is 0 Å². The lowest BCUT2D eigenvalue weighted by molar-refractivity contribution is 0.464. The van der Waals surface area contributed by atoms with Crippen molar-refractivity contribution in [3.05, 3.63) is 18.0 Å². The summed E-state index contributed by atoms with van der Waals surface area (Å²) < 4.78 is 3.36. The molecular formula is C21H43N17. The maximum atomic E-state index is 5.44. The molecule has 0 spiro atoms. The third-order valence-electron chi connectivity index (χ3n) is 5.93. The summed E-state index contributed by atoms with van der Waals surface area (Å²) in [5.74, 6) is 2.87. The summed E-state index contributed by atoms with van der Waals surface area (Å²) in [6.45, 7) is 16.6. The molecule has 4 unspecified atom stereocenters. The van der Waals surface area contributed by atoms with Crippen LogP contribution in [0, 0.1) is 0 Å². The fourth-order valence-electron chi connectivity index (χ4n) is 2.48. The number of tetrazole rings is 4. The second-order valence-corrected chi connectivity index (χ2v) is 8.81. The highest BCUT2D eigenvalue weighted by atomic mass is 15.6. The fraction of sp³-hybridized carbons (Fsp3) is 0.810. The summed E-state index contributed by atoms with van der Waals surface area (Å²) in [5.41, 5.74) is 5.44. The van der Waals surface area contributed by atoms with E-state index in [1.165, 1.54) is 4.80 Å². The molecule has 0 saturated carbocycles.